The molecule has 1 rings (SSSR count). The smallest absolute Gasteiger partial charge is 0.353 e. The molecule has 0 aliphatic carbocycles. The molecule has 8 nitrogen and oxygen atoms in total. The minimum Gasteiger partial charge on any atom is -0.477 e. The number of carbonyl (C=O) groups is 3. The van der Waals surface area contributed by atoms with Crippen LogP contribution in [0, 0.1) is 0 Å². The number of carboxylic acid groups (broad SMARTS) is 1. The average Bonchev–Trinajstić information content (AvgIpc) is 2.72. The summed E-state index contributed by atoms with van der Waals surface area (Å²) < 4.78 is 0. The highest BCUT2D eigenvalue weighted by Gasteiger charge is 2.31. The summed E-state index contributed by atoms with van der Waals surface area (Å²) in [7, 11) is 0. The van der Waals surface area contributed by atoms with E-state index in [1.807, 2.05) is 20.8 Å². The number of amides is 2. The lowest BCUT2D eigenvalue weighted by atomic mass is 10.1. The summed E-state index contributed by atoms with van der Waals surface area (Å²) in [6.45, 7) is 5.26. The van der Waals surface area contributed by atoms with Gasteiger partial charge in [0.05, 0.1) is 6.54 Å². The topological polar surface area (TPSA) is 117 Å². The molecule has 0 saturated carbocycles. The first-order chi connectivity index (χ1) is 8.69. The number of hydrogen-bond acceptors (Lipinski definition) is 5. The fraction of sp³-hybridized carbons (Fsp3) is 0.636. The SMILES string of the molecule is CC(C)(C)NC(=O)CNC(=O)C1CC(C(=O)O)=NO1. The molecular weight excluding hydrogens is 254 g/mol. The van der Waals surface area contributed by atoms with Crippen LogP contribution in [0.3, 0.4) is 0 Å². The summed E-state index contributed by atoms with van der Waals surface area (Å²) in [5.74, 6) is -2.12. The van der Waals surface area contributed by atoms with Crippen molar-refractivity contribution in [3.63, 3.8) is 0 Å². The van der Waals surface area contributed by atoms with Crippen LogP contribution in [0.5, 0.6) is 0 Å². The molecule has 19 heavy (non-hydrogen) atoms. The molecular formula is C11H17N3O5. The molecule has 0 aromatic heterocycles. The standard InChI is InChI=1S/C11H17N3O5/c1-11(2,3)13-8(15)5-12-9(16)7-4-6(10(17)18)14-19-7/h7H,4-5H2,1-3H3,(H,12,16)(H,13,15)(H,17,18). The Balaban J connectivity index is 2.34. The first kappa shape index (κ1) is 14.9. The number of carboxylic acids is 1. The van der Waals surface area contributed by atoms with Crippen molar-refractivity contribution in [2.75, 3.05) is 6.54 Å². The summed E-state index contributed by atoms with van der Waals surface area (Å²) in [5, 5.41) is 17.0. The van der Waals surface area contributed by atoms with Crippen LogP contribution in [0.1, 0.15) is 27.2 Å². The molecule has 1 aliphatic heterocycles. The van der Waals surface area contributed by atoms with E-state index < -0.39 is 18.0 Å². The van der Waals surface area contributed by atoms with Crippen LogP contribution < -0.4 is 10.6 Å². The molecule has 0 aromatic rings. The molecule has 1 unspecified atom stereocenters. The highest BCUT2D eigenvalue weighted by Crippen LogP contribution is 2.10. The zero-order chi connectivity index (χ0) is 14.6. The highest BCUT2D eigenvalue weighted by atomic mass is 16.6. The Hall–Kier alpha value is -2.12. The number of carbonyl (C=O) groups excluding carboxylic acids is 2. The number of oxime groups is 1. The van der Waals surface area contributed by atoms with Crippen molar-refractivity contribution in [3.8, 4) is 0 Å². The fourth-order valence-corrected chi connectivity index (χ4v) is 1.39. The van der Waals surface area contributed by atoms with Gasteiger partial charge in [-0.2, -0.15) is 0 Å². The quantitative estimate of drug-likeness (QED) is 0.621. The van der Waals surface area contributed by atoms with Crippen LogP contribution in [0.25, 0.3) is 0 Å². The summed E-state index contributed by atoms with van der Waals surface area (Å²) in [6, 6.07) is 0. The van der Waals surface area contributed by atoms with Gasteiger partial charge in [-0.05, 0) is 20.8 Å². The molecule has 2 amide bonds. The summed E-state index contributed by atoms with van der Waals surface area (Å²) in [5.41, 5.74) is -0.593. The largest absolute Gasteiger partial charge is 0.477 e. The van der Waals surface area contributed by atoms with Gasteiger partial charge in [0.1, 0.15) is 0 Å². The van der Waals surface area contributed by atoms with E-state index in [9.17, 15) is 14.4 Å². The van der Waals surface area contributed by atoms with Gasteiger partial charge < -0.3 is 20.6 Å². The Labute approximate surface area is 110 Å². The lowest BCUT2D eigenvalue weighted by Gasteiger charge is -2.20. The second-order valence-electron chi connectivity index (χ2n) is 5.16. The molecule has 1 atom stereocenters. The van der Waals surface area contributed by atoms with Gasteiger partial charge >= 0.3 is 5.97 Å². The van der Waals surface area contributed by atoms with Gasteiger partial charge in [0.2, 0.25) is 12.0 Å². The normalized spacial score (nSPS) is 18.3. The second-order valence-corrected chi connectivity index (χ2v) is 5.16. The van der Waals surface area contributed by atoms with Crippen LogP contribution in [-0.2, 0) is 19.2 Å². The molecule has 0 spiro atoms. The van der Waals surface area contributed by atoms with Crippen LogP contribution in [0.4, 0.5) is 0 Å². The van der Waals surface area contributed by atoms with Crippen molar-refractivity contribution in [3.05, 3.63) is 0 Å². The Morgan fingerprint density at radius 2 is 2.05 bits per heavy atom. The van der Waals surface area contributed by atoms with E-state index in [4.69, 9.17) is 5.11 Å². The fourth-order valence-electron chi connectivity index (χ4n) is 1.39. The molecule has 8 heteroatoms. The van der Waals surface area contributed by atoms with Gasteiger partial charge in [-0.25, -0.2) is 4.79 Å². The maximum absolute atomic E-state index is 11.6. The molecule has 1 heterocycles. The molecule has 0 bridgehead atoms. The van der Waals surface area contributed by atoms with Crippen molar-refractivity contribution in [1.29, 1.82) is 0 Å². The van der Waals surface area contributed by atoms with Gasteiger partial charge in [0.15, 0.2) is 5.71 Å². The monoisotopic (exact) mass is 271 g/mol. The number of hydrogen-bond donors (Lipinski definition) is 3. The first-order valence-electron chi connectivity index (χ1n) is 5.74. The van der Waals surface area contributed by atoms with E-state index in [0.717, 1.165) is 0 Å². The van der Waals surface area contributed by atoms with Gasteiger partial charge in [0, 0.05) is 12.0 Å². The summed E-state index contributed by atoms with van der Waals surface area (Å²) in [6.07, 6.45) is -1.10. The Morgan fingerprint density at radius 3 is 2.53 bits per heavy atom. The number of nitrogens with zero attached hydrogens (tertiary/aromatic N) is 1. The summed E-state index contributed by atoms with van der Waals surface area (Å²) in [4.78, 5) is 38.3. The molecule has 0 radical (unpaired) electrons. The predicted molar refractivity (Wildman–Crippen MR) is 65.5 cm³/mol. The van der Waals surface area contributed by atoms with Gasteiger partial charge in [0.25, 0.3) is 5.91 Å². The molecule has 0 aromatic carbocycles. The molecule has 0 fully saturated rings. The number of aliphatic carboxylic acids is 1. The lowest BCUT2D eigenvalue weighted by molar-refractivity contribution is -0.133. The highest BCUT2D eigenvalue weighted by molar-refractivity contribution is 6.36. The molecule has 0 saturated heterocycles. The predicted octanol–water partition coefficient (Wildman–Crippen LogP) is -0.753. The van der Waals surface area contributed by atoms with Crippen molar-refractivity contribution in [2.24, 2.45) is 5.16 Å². The third-order valence-electron chi connectivity index (χ3n) is 2.15. The Kier molecular flexibility index (Phi) is 4.47. The van der Waals surface area contributed by atoms with Gasteiger partial charge in [-0.3, -0.25) is 9.59 Å². The molecule has 1 aliphatic rings. The second kappa shape index (κ2) is 5.68. The lowest BCUT2D eigenvalue weighted by Crippen LogP contribution is -2.47. The van der Waals surface area contributed by atoms with Crippen molar-refractivity contribution < 1.29 is 24.3 Å². The van der Waals surface area contributed by atoms with E-state index >= 15 is 0 Å². The average molecular weight is 271 g/mol. The van der Waals surface area contributed by atoms with Crippen molar-refractivity contribution >= 4 is 23.5 Å². The van der Waals surface area contributed by atoms with Gasteiger partial charge in [-0.1, -0.05) is 5.16 Å². The van der Waals surface area contributed by atoms with E-state index in [1.165, 1.54) is 0 Å². The van der Waals surface area contributed by atoms with Gasteiger partial charge in [-0.15, -0.1) is 0 Å². The number of rotatable bonds is 4. The Bertz CT molecular complexity index is 425. The van der Waals surface area contributed by atoms with Crippen LogP contribution >= 0.6 is 0 Å². The van der Waals surface area contributed by atoms with Crippen LogP contribution in [0.2, 0.25) is 0 Å². The minimum absolute atomic E-state index is 0.109. The third kappa shape index (κ3) is 4.94. The van der Waals surface area contributed by atoms with Crippen molar-refractivity contribution in [2.45, 2.75) is 38.8 Å². The van der Waals surface area contributed by atoms with E-state index in [1.54, 1.807) is 0 Å². The zero-order valence-electron chi connectivity index (χ0n) is 11.0. The van der Waals surface area contributed by atoms with Crippen LogP contribution in [0.15, 0.2) is 5.16 Å². The minimum atomic E-state index is -1.22. The molecule has 3 N–H and O–H groups in total. The first-order valence-corrected chi connectivity index (χ1v) is 5.74. The molecule has 106 valence electrons. The maximum atomic E-state index is 11.6. The van der Waals surface area contributed by atoms with E-state index in [0.29, 0.717) is 0 Å². The van der Waals surface area contributed by atoms with E-state index in [2.05, 4.69) is 20.6 Å². The zero-order valence-corrected chi connectivity index (χ0v) is 11.0. The number of nitrogens with one attached hydrogen (secondary N) is 2. The van der Waals surface area contributed by atoms with E-state index in [-0.39, 0.29) is 30.1 Å². The third-order valence-corrected chi connectivity index (χ3v) is 2.15. The summed E-state index contributed by atoms with van der Waals surface area (Å²) >= 11 is 0. The Morgan fingerprint density at radius 1 is 1.42 bits per heavy atom. The maximum Gasteiger partial charge on any atom is 0.353 e. The van der Waals surface area contributed by atoms with Crippen molar-refractivity contribution in [1.82, 2.24) is 10.6 Å². The van der Waals surface area contributed by atoms with Crippen LogP contribution in [-0.4, -0.2) is 46.8 Å².